The zero-order valence-electron chi connectivity index (χ0n) is 6.33. The van der Waals surface area contributed by atoms with E-state index in [-0.39, 0.29) is 5.69 Å². The molecule has 0 spiro atoms. The zero-order chi connectivity index (χ0) is 8.55. The zero-order valence-corrected chi connectivity index (χ0v) is 6.33. The predicted octanol–water partition coefficient (Wildman–Crippen LogP) is 0.731. The highest BCUT2D eigenvalue weighted by atomic mass is 16.5. The van der Waals surface area contributed by atoms with Crippen LogP contribution in [0.5, 0.6) is 0 Å². The van der Waals surface area contributed by atoms with Gasteiger partial charge in [-0.3, -0.25) is 0 Å². The van der Waals surface area contributed by atoms with Gasteiger partial charge >= 0.3 is 5.97 Å². The Kier molecular flexibility index (Phi) is 1.49. The summed E-state index contributed by atoms with van der Waals surface area (Å²) in [5.74, 6) is -0.395. The fraction of sp³-hybridized carbons (Fsp3) is 0.429. The van der Waals surface area contributed by atoms with Crippen LogP contribution in [0.25, 0.3) is 0 Å². The second kappa shape index (κ2) is 2.51. The Bertz CT molecular complexity index is 318. The van der Waals surface area contributed by atoms with E-state index in [4.69, 9.17) is 9.63 Å². The summed E-state index contributed by atoms with van der Waals surface area (Å²) in [5, 5.41) is 15.1. The number of carboxylic acid groups (broad SMARTS) is 1. The van der Waals surface area contributed by atoms with Crippen LogP contribution in [0.2, 0.25) is 0 Å². The van der Waals surface area contributed by atoms with Gasteiger partial charge in [-0.2, -0.15) is 0 Å². The minimum atomic E-state index is -1.05. The van der Waals surface area contributed by atoms with Crippen LogP contribution in [0.15, 0.2) is 4.52 Å². The van der Waals surface area contributed by atoms with Crippen molar-refractivity contribution in [1.29, 1.82) is 0 Å². The number of carboxylic acids is 1. The van der Waals surface area contributed by atoms with Crippen molar-refractivity contribution in [2.24, 2.45) is 0 Å². The summed E-state index contributed by atoms with van der Waals surface area (Å²) in [6, 6.07) is 0. The SMILES string of the molecule is O=C(O)c1noc2c1NCCC2. The van der Waals surface area contributed by atoms with Crippen molar-refractivity contribution in [3.63, 3.8) is 0 Å². The van der Waals surface area contributed by atoms with Gasteiger partial charge in [0.1, 0.15) is 5.69 Å². The summed E-state index contributed by atoms with van der Waals surface area (Å²) >= 11 is 0. The number of aromatic carboxylic acids is 1. The van der Waals surface area contributed by atoms with Gasteiger partial charge in [0.2, 0.25) is 5.69 Å². The molecule has 0 saturated carbocycles. The Labute approximate surface area is 68.4 Å². The van der Waals surface area contributed by atoms with Gasteiger partial charge in [-0.05, 0) is 6.42 Å². The van der Waals surface area contributed by atoms with Crippen LogP contribution in [0, 0.1) is 0 Å². The molecule has 1 aliphatic rings. The summed E-state index contributed by atoms with van der Waals surface area (Å²) in [7, 11) is 0. The van der Waals surface area contributed by atoms with Gasteiger partial charge in [0.15, 0.2) is 5.76 Å². The number of aromatic nitrogens is 1. The maximum Gasteiger partial charge on any atom is 0.360 e. The van der Waals surface area contributed by atoms with E-state index in [0.29, 0.717) is 11.4 Å². The van der Waals surface area contributed by atoms with Gasteiger partial charge in [0.25, 0.3) is 0 Å². The Balaban J connectivity index is 2.44. The van der Waals surface area contributed by atoms with Crippen LogP contribution in [0.4, 0.5) is 5.69 Å². The van der Waals surface area contributed by atoms with Gasteiger partial charge in [-0.25, -0.2) is 4.79 Å². The first-order valence-corrected chi connectivity index (χ1v) is 3.75. The van der Waals surface area contributed by atoms with Crippen molar-refractivity contribution in [1.82, 2.24) is 5.16 Å². The highest BCUT2D eigenvalue weighted by molar-refractivity contribution is 5.92. The van der Waals surface area contributed by atoms with E-state index in [1.807, 2.05) is 0 Å². The normalized spacial score (nSPS) is 15.0. The topological polar surface area (TPSA) is 75.4 Å². The molecule has 1 aromatic rings. The van der Waals surface area contributed by atoms with Crippen LogP contribution in [0.3, 0.4) is 0 Å². The average Bonchev–Trinajstić information content (AvgIpc) is 2.47. The van der Waals surface area contributed by atoms with Gasteiger partial charge < -0.3 is 14.9 Å². The number of anilines is 1. The molecular weight excluding hydrogens is 160 g/mol. The highest BCUT2D eigenvalue weighted by Gasteiger charge is 2.23. The Morgan fingerprint density at radius 2 is 2.50 bits per heavy atom. The molecule has 0 radical (unpaired) electrons. The first kappa shape index (κ1) is 7.15. The molecule has 0 bridgehead atoms. The van der Waals surface area contributed by atoms with Crippen LogP contribution in [-0.2, 0) is 6.42 Å². The summed E-state index contributed by atoms with van der Waals surface area (Å²) < 4.78 is 4.86. The first-order valence-electron chi connectivity index (χ1n) is 3.75. The molecule has 12 heavy (non-hydrogen) atoms. The molecule has 0 fully saturated rings. The summed E-state index contributed by atoms with van der Waals surface area (Å²) in [4.78, 5) is 10.6. The molecule has 2 rings (SSSR count). The number of carbonyl (C=O) groups is 1. The molecule has 5 heteroatoms. The maximum absolute atomic E-state index is 10.6. The van der Waals surface area contributed by atoms with E-state index >= 15 is 0 Å². The summed E-state index contributed by atoms with van der Waals surface area (Å²) in [5.41, 5.74) is 0.540. The molecule has 0 aromatic carbocycles. The van der Waals surface area contributed by atoms with Crippen LogP contribution < -0.4 is 5.32 Å². The fourth-order valence-corrected chi connectivity index (χ4v) is 1.29. The lowest BCUT2D eigenvalue weighted by Crippen LogP contribution is -2.12. The van der Waals surface area contributed by atoms with Gasteiger partial charge in [0, 0.05) is 13.0 Å². The summed E-state index contributed by atoms with van der Waals surface area (Å²) in [6.07, 6.45) is 1.73. The Hall–Kier alpha value is -1.52. The lowest BCUT2D eigenvalue weighted by molar-refractivity contribution is 0.0686. The highest BCUT2D eigenvalue weighted by Crippen LogP contribution is 2.25. The largest absolute Gasteiger partial charge is 0.476 e. The van der Waals surface area contributed by atoms with Crippen LogP contribution in [-0.4, -0.2) is 22.8 Å². The molecule has 2 heterocycles. The minimum Gasteiger partial charge on any atom is -0.476 e. The molecule has 1 aromatic heterocycles. The lowest BCUT2D eigenvalue weighted by Gasteiger charge is -2.10. The lowest BCUT2D eigenvalue weighted by atomic mass is 10.1. The van der Waals surface area contributed by atoms with Crippen molar-refractivity contribution >= 4 is 11.7 Å². The van der Waals surface area contributed by atoms with Crippen molar-refractivity contribution < 1.29 is 14.4 Å². The monoisotopic (exact) mass is 168 g/mol. The van der Waals surface area contributed by atoms with E-state index in [9.17, 15) is 4.79 Å². The predicted molar refractivity (Wildman–Crippen MR) is 40.3 cm³/mol. The standard InChI is InChI=1S/C7H8N2O3/c10-7(11)6-5-4(12-9-6)2-1-3-8-5/h8H,1-3H2,(H,10,11). The van der Waals surface area contributed by atoms with E-state index in [0.717, 1.165) is 19.4 Å². The number of hydrogen-bond acceptors (Lipinski definition) is 4. The molecule has 2 N–H and O–H groups in total. The van der Waals surface area contributed by atoms with Gasteiger partial charge in [0.05, 0.1) is 0 Å². The molecule has 0 unspecified atom stereocenters. The van der Waals surface area contributed by atoms with Crippen molar-refractivity contribution in [3.8, 4) is 0 Å². The molecule has 1 aliphatic heterocycles. The smallest absolute Gasteiger partial charge is 0.360 e. The van der Waals surface area contributed by atoms with Crippen molar-refractivity contribution in [3.05, 3.63) is 11.5 Å². The third-order valence-electron chi connectivity index (χ3n) is 1.85. The minimum absolute atomic E-state index is 0.00954. The third kappa shape index (κ3) is 0.939. The van der Waals surface area contributed by atoms with Gasteiger partial charge in [-0.1, -0.05) is 5.16 Å². The number of fused-ring (bicyclic) bond motifs is 1. The first-order chi connectivity index (χ1) is 5.79. The fourth-order valence-electron chi connectivity index (χ4n) is 1.29. The number of rotatable bonds is 1. The molecule has 64 valence electrons. The Morgan fingerprint density at radius 1 is 1.67 bits per heavy atom. The maximum atomic E-state index is 10.6. The third-order valence-corrected chi connectivity index (χ3v) is 1.85. The number of hydrogen-bond donors (Lipinski definition) is 2. The number of nitrogens with zero attached hydrogens (tertiary/aromatic N) is 1. The van der Waals surface area contributed by atoms with E-state index < -0.39 is 5.97 Å². The van der Waals surface area contributed by atoms with E-state index in [1.54, 1.807) is 0 Å². The molecule has 0 amide bonds. The average molecular weight is 168 g/mol. The van der Waals surface area contributed by atoms with E-state index in [1.165, 1.54) is 0 Å². The molecular formula is C7H8N2O3. The van der Waals surface area contributed by atoms with Gasteiger partial charge in [-0.15, -0.1) is 0 Å². The molecule has 0 saturated heterocycles. The van der Waals surface area contributed by atoms with Crippen LogP contribution >= 0.6 is 0 Å². The number of nitrogens with one attached hydrogen (secondary N) is 1. The molecule has 0 aliphatic carbocycles. The van der Waals surface area contributed by atoms with E-state index in [2.05, 4.69) is 10.5 Å². The molecule has 0 atom stereocenters. The second-order valence-electron chi connectivity index (χ2n) is 2.66. The van der Waals surface area contributed by atoms with Crippen molar-refractivity contribution in [2.75, 3.05) is 11.9 Å². The summed E-state index contributed by atoms with van der Waals surface area (Å²) in [6.45, 7) is 0.786. The quantitative estimate of drug-likeness (QED) is 0.646. The van der Waals surface area contributed by atoms with Crippen molar-refractivity contribution in [2.45, 2.75) is 12.8 Å². The number of aryl methyl sites for hydroxylation is 1. The Morgan fingerprint density at radius 3 is 3.25 bits per heavy atom. The second-order valence-corrected chi connectivity index (χ2v) is 2.66. The van der Waals surface area contributed by atoms with Crippen LogP contribution in [0.1, 0.15) is 22.7 Å². The molecule has 5 nitrogen and oxygen atoms in total.